The van der Waals surface area contributed by atoms with Crippen LogP contribution < -0.4 is 10.6 Å². The molecule has 0 radical (unpaired) electrons. The molecule has 0 aromatic heterocycles. The predicted molar refractivity (Wildman–Crippen MR) is 87.2 cm³/mol. The van der Waals surface area contributed by atoms with E-state index in [-0.39, 0.29) is 5.91 Å². The quantitative estimate of drug-likeness (QED) is 0.841. The van der Waals surface area contributed by atoms with Crippen LogP contribution in [0.15, 0.2) is 12.1 Å². The second kappa shape index (κ2) is 7.29. The molecule has 1 rings (SSSR count). The lowest BCUT2D eigenvalue weighted by Crippen LogP contribution is -2.37. The molecule has 0 atom stereocenters. The van der Waals surface area contributed by atoms with Gasteiger partial charge < -0.3 is 15.4 Å². The Bertz CT molecular complexity index is 537. The zero-order chi connectivity index (χ0) is 16.9. The molecule has 0 aliphatic heterocycles. The zero-order valence-electron chi connectivity index (χ0n) is 14.3. The van der Waals surface area contributed by atoms with Gasteiger partial charge in [0.1, 0.15) is 5.60 Å². The van der Waals surface area contributed by atoms with Gasteiger partial charge in [-0.25, -0.2) is 4.79 Å². The Hall–Kier alpha value is -2.04. The smallest absolute Gasteiger partial charge is 0.407 e. The number of amides is 2. The lowest BCUT2D eigenvalue weighted by Gasteiger charge is -2.19. The van der Waals surface area contributed by atoms with Crippen LogP contribution >= 0.6 is 0 Å². The first-order valence-electron chi connectivity index (χ1n) is 7.43. The average molecular weight is 306 g/mol. The highest BCUT2D eigenvalue weighted by Gasteiger charge is 2.15. The molecular weight excluding hydrogens is 280 g/mol. The van der Waals surface area contributed by atoms with Gasteiger partial charge in [0.25, 0.3) is 5.91 Å². The van der Waals surface area contributed by atoms with Gasteiger partial charge >= 0.3 is 6.09 Å². The van der Waals surface area contributed by atoms with Crippen LogP contribution in [0.5, 0.6) is 0 Å². The summed E-state index contributed by atoms with van der Waals surface area (Å²) in [5.74, 6) is -0.141. The Labute approximate surface area is 132 Å². The van der Waals surface area contributed by atoms with Crippen molar-refractivity contribution in [1.29, 1.82) is 0 Å². The van der Waals surface area contributed by atoms with Crippen molar-refractivity contribution in [2.24, 2.45) is 0 Å². The maximum absolute atomic E-state index is 12.1. The second-order valence-corrected chi connectivity index (χ2v) is 6.42. The minimum atomic E-state index is -0.524. The molecule has 0 saturated heterocycles. The van der Waals surface area contributed by atoms with E-state index in [0.29, 0.717) is 18.7 Å². The molecule has 0 spiro atoms. The Morgan fingerprint density at radius 3 is 2.00 bits per heavy atom. The van der Waals surface area contributed by atoms with Crippen molar-refractivity contribution in [3.63, 3.8) is 0 Å². The highest BCUT2D eigenvalue weighted by Crippen LogP contribution is 2.15. The monoisotopic (exact) mass is 306 g/mol. The average Bonchev–Trinajstić information content (AvgIpc) is 2.38. The van der Waals surface area contributed by atoms with E-state index in [1.54, 1.807) is 20.8 Å². The van der Waals surface area contributed by atoms with Gasteiger partial charge in [0, 0.05) is 18.7 Å². The number of rotatable bonds is 4. The van der Waals surface area contributed by atoms with Crippen molar-refractivity contribution in [2.45, 2.75) is 47.1 Å². The summed E-state index contributed by atoms with van der Waals surface area (Å²) in [6.45, 7) is 12.1. The van der Waals surface area contributed by atoms with Gasteiger partial charge in [-0.15, -0.1) is 0 Å². The Morgan fingerprint density at radius 2 is 1.50 bits per heavy atom. The summed E-state index contributed by atoms with van der Waals surface area (Å²) in [4.78, 5) is 23.5. The SMILES string of the molecule is Cc1cc(C(=O)NCCNC(=O)OC(C)(C)C)cc(C)c1C. The number of aryl methyl sites for hydroxylation is 2. The first-order valence-corrected chi connectivity index (χ1v) is 7.43. The predicted octanol–water partition coefficient (Wildman–Crippen LogP) is 2.87. The molecule has 0 bridgehead atoms. The summed E-state index contributed by atoms with van der Waals surface area (Å²) in [5.41, 5.74) is 3.50. The third kappa shape index (κ3) is 5.76. The van der Waals surface area contributed by atoms with Gasteiger partial charge in [-0.3, -0.25) is 4.79 Å². The van der Waals surface area contributed by atoms with Gasteiger partial charge in [0.2, 0.25) is 0 Å². The standard InChI is InChI=1S/C17H26N2O3/c1-11-9-14(10-12(2)13(11)3)15(20)18-7-8-19-16(21)22-17(4,5)6/h9-10H,7-8H2,1-6H3,(H,18,20)(H,19,21). The second-order valence-electron chi connectivity index (χ2n) is 6.42. The van der Waals surface area contributed by atoms with Crippen molar-refractivity contribution in [3.05, 3.63) is 34.4 Å². The van der Waals surface area contributed by atoms with Crippen molar-refractivity contribution in [3.8, 4) is 0 Å². The van der Waals surface area contributed by atoms with E-state index in [4.69, 9.17) is 4.74 Å². The topological polar surface area (TPSA) is 67.4 Å². The number of benzene rings is 1. The van der Waals surface area contributed by atoms with Gasteiger partial charge in [0.15, 0.2) is 0 Å². The van der Waals surface area contributed by atoms with Crippen LogP contribution in [0.25, 0.3) is 0 Å². The number of ether oxygens (including phenoxy) is 1. The molecule has 0 aliphatic carbocycles. The minimum absolute atomic E-state index is 0.141. The molecule has 5 nitrogen and oxygen atoms in total. The summed E-state index contributed by atoms with van der Waals surface area (Å²) < 4.78 is 5.11. The molecular formula is C17H26N2O3. The van der Waals surface area contributed by atoms with E-state index in [1.165, 1.54) is 5.56 Å². The number of carbonyl (C=O) groups is 2. The minimum Gasteiger partial charge on any atom is -0.444 e. The number of alkyl carbamates (subject to hydrolysis) is 1. The molecule has 2 N–H and O–H groups in total. The van der Waals surface area contributed by atoms with Crippen molar-refractivity contribution >= 4 is 12.0 Å². The number of hydrogen-bond donors (Lipinski definition) is 2. The van der Waals surface area contributed by atoms with Crippen molar-refractivity contribution < 1.29 is 14.3 Å². The summed E-state index contributed by atoms with van der Waals surface area (Å²) in [6, 6.07) is 3.75. The molecule has 22 heavy (non-hydrogen) atoms. The molecule has 1 aromatic rings. The van der Waals surface area contributed by atoms with Gasteiger partial charge in [-0.1, -0.05) is 0 Å². The van der Waals surface area contributed by atoms with Gasteiger partial charge in [0.05, 0.1) is 0 Å². The molecule has 0 heterocycles. The Morgan fingerprint density at radius 1 is 1.00 bits per heavy atom. The largest absolute Gasteiger partial charge is 0.444 e. The van der Waals surface area contributed by atoms with E-state index in [1.807, 2.05) is 32.9 Å². The molecule has 0 aliphatic rings. The van der Waals surface area contributed by atoms with Crippen LogP contribution in [0.1, 0.15) is 47.8 Å². The van der Waals surface area contributed by atoms with E-state index < -0.39 is 11.7 Å². The number of hydrogen-bond acceptors (Lipinski definition) is 3. The van der Waals surface area contributed by atoms with E-state index in [9.17, 15) is 9.59 Å². The molecule has 0 saturated carbocycles. The van der Waals surface area contributed by atoms with E-state index >= 15 is 0 Å². The molecule has 2 amide bonds. The first kappa shape index (κ1) is 18.0. The summed E-state index contributed by atoms with van der Waals surface area (Å²) in [5, 5.41) is 5.38. The van der Waals surface area contributed by atoms with E-state index in [2.05, 4.69) is 10.6 Å². The number of carbonyl (C=O) groups excluding carboxylic acids is 2. The summed E-state index contributed by atoms with van der Waals surface area (Å²) in [6.07, 6.45) is -0.483. The lowest BCUT2D eigenvalue weighted by molar-refractivity contribution is 0.0526. The molecule has 5 heteroatoms. The van der Waals surface area contributed by atoms with Crippen molar-refractivity contribution in [1.82, 2.24) is 10.6 Å². The lowest BCUT2D eigenvalue weighted by atomic mass is 10.0. The van der Waals surface area contributed by atoms with Crippen molar-refractivity contribution in [2.75, 3.05) is 13.1 Å². The number of nitrogens with one attached hydrogen (secondary N) is 2. The van der Waals surface area contributed by atoms with E-state index in [0.717, 1.165) is 11.1 Å². The third-order valence-corrected chi connectivity index (χ3v) is 3.27. The van der Waals surface area contributed by atoms with Gasteiger partial charge in [-0.2, -0.15) is 0 Å². The normalized spacial score (nSPS) is 11.0. The van der Waals surface area contributed by atoms with Crippen LogP contribution in [0, 0.1) is 20.8 Å². The fourth-order valence-corrected chi connectivity index (χ4v) is 1.92. The maximum atomic E-state index is 12.1. The van der Waals surface area contributed by atoms with Crippen LogP contribution in [0.2, 0.25) is 0 Å². The fraction of sp³-hybridized carbons (Fsp3) is 0.529. The summed E-state index contributed by atoms with van der Waals surface area (Å²) >= 11 is 0. The van der Waals surface area contributed by atoms with Crippen LogP contribution in [-0.4, -0.2) is 30.7 Å². The molecule has 122 valence electrons. The zero-order valence-corrected chi connectivity index (χ0v) is 14.3. The third-order valence-electron chi connectivity index (χ3n) is 3.27. The highest BCUT2D eigenvalue weighted by atomic mass is 16.6. The Balaban J connectivity index is 2.43. The molecule has 1 aromatic carbocycles. The van der Waals surface area contributed by atoms with Crippen LogP contribution in [0.4, 0.5) is 4.79 Å². The molecule has 0 fully saturated rings. The fourth-order valence-electron chi connectivity index (χ4n) is 1.92. The molecule has 0 unspecified atom stereocenters. The summed E-state index contributed by atoms with van der Waals surface area (Å²) in [7, 11) is 0. The first-order chi connectivity index (χ1) is 10.1. The maximum Gasteiger partial charge on any atom is 0.407 e. The van der Waals surface area contributed by atoms with Gasteiger partial charge in [-0.05, 0) is 70.4 Å². The Kier molecular flexibility index (Phi) is 5.97. The van der Waals surface area contributed by atoms with Crippen LogP contribution in [0.3, 0.4) is 0 Å². The van der Waals surface area contributed by atoms with Crippen LogP contribution in [-0.2, 0) is 4.74 Å². The highest BCUT2D eigenvalue weighted by molar-refractivity contribution is 5.94.